The molecule has 0 aliphatic rings. The van der Waals surface area contributed by atoms with E-state index in [0.717, 1.165) is 12.1 Å². The normalized spacial score (nSPS) is 11.4. The van der Waals surface area contributed by atoms with E-state index in [4.69, 9.17) is 4.42 Å². The topological polar surface area (TPSA) is 80.0 Å². The maximum Gasteiger partial charge on any atom is 0.416 e. The van der Waals surface area contributed by atoms with E-state index in [9.17, 15) is 18.0 Å². The molecule has 0 spiro atoms. The third-order valence-corrected chi connectivity index (χ3v) is 4.33. The average Bonchev–Trinajstić information content (AvgIpc) is 3.25. The highest BCUT2D eigenvalue weighted by molar-refractivity contribution is 5.97. The van der Waals surface area contributed by atoms with Crippen molar-refractivity contribution in [3.8, 4) is 0 Å². The lowest BCUT2D eigenvalue weighted by Crippen LogP contribution is -2.23. The van der Waals surface area contributed by atoms with Crippen LogP contribution in [0.25, 0.3) is 10.9 Å². The molecule has 9 heteroatoms. The van der Waals surface area contributed by atoms with Gasteiger partial charge in [0, 0.05) is 17.3 Å². The Kier molecular flexibility index (Phi) is 5.09. The van der Waals surface area contributed by atoms with Crippen molar-refractivity contribution >= 4 is 28.2 Å². The summed E-state index contributed by atoms with van der Waals surface area (Å²) in [5, 5.41) is 6.40. The lowest BCUT2D eigenvalue weighted by molar-refractivity contribution is -0.137. The summed E-state index contributed by atoms with van der Waals surface area (Å²) in [6.45, 7) is 0.221. The van der Waals surface area contributed by atoms with Crippen molar-refractivity contribution in [2.24, 2.45) is 0 Å². The van der Waals surface area contributed by atoms with E-state index in [2.05, 4.69) is 20.6 Å². The van der Waals surface area contributed by atoms with Crippen LogP contribution in [-0.4, -0.2) is 15.9 Å². The Morgan fingerprint density at radius 1 is 1.03 bits per heavy atom. The van der Waals surface area contributed by atoms with Crippen molar-refractivity contribution < 1.29 is 22.4 Å². The minimum Gasteiger partial charge on any atom is -0.467 e. The number of furan rings is 1. The third-order valence-electron chi connectivity index (χ3n) is 4.33. The van der Waals surface area contributed by atoms with Gasteiger partial charge < -0.3 is 15.1 Å². The number of alkyl halides is 3. The fourth-order valence-electron chi connectivity index (χ4n) is 2.83. The number of amides is 1. The number of nitrogens with one attached hydrogen (secondary N) is 2. The molecule has 0 saturated heterocycles. The monoisotopic (exact) mass is 412 g/mol. The van der Waals surface area contributed by atoms with Crippen LogP contribution in [0.15, 0.2) is 71.6 Å². The Bertz CT molecular complexity index is 1170. The first-order valence-corrected chi connectivity index (χ1v) is 8.90. The Hall–Kier alpha value is -3.88. The summed E-state index contributed by atoms with van der Waals surface area (Å²) in [5.74, 6) is 0.226. The summed E-state index contributed by atoms with van der Waals surface area (Å²) in [6.07, 6.45) is 0.198. The average molecular weight is 412 g/mol. The predicted octanol–water partition coefficient (Wildman–Crippen LogP) is 4.92. The molecule has 3 heterocycles. The van der Waals surface area contributed by atoms with Gasteiger partial charge in [-0.25, -0.2) is 4.98 Å². The highest BCUT2D eigenvalue weighted by Crippen LogP contribution is 2.31. The molecule has 1 amide bonds. The quantitative estimate of drug-likeness (QED) is 0.487. The number of rotatable bonds is 5. The van der Waals surface area contributed by atoms with Crippen LogP contribution >= 0.6 is 0 Å². The van der Waals surface area contributed by atoms with Crippen molar-refractivity contribution in [2.75, 3.05) is 5.32 Å². The molecule has 0 radical (unpaired) electrons. The van der Waals surface area contributed by atoms with Gasteiger partial charge in [0.1, 0.15) is 11.5 Å². The van der Waals surface area contributed by atoms with E-state index in [-0.39, 0.29) is 18.1 Å². The largest absolute Gasteiger partial charge is 0.467 e. The smallest absolute Gasteiger partial charge is 0.416 e. The number of halogens is 3. The van der Waals surface area contributed by atoms with Crippen LogP contribution in [0.5, 0.6) is 0 Å². The van der Waals surface area contributed by atoms with Gasteiger partial charge in [-0.3, -0.25) is 9.78 Å². The summed E-state index contributed by atoms with van der Waals surface area (Å²) >= 11 is 0. The standard InChI is InChI=1S/C21H15F3N4O2/c22-21(23,24)14-4-6-15(7-5-14)27-18-12-25-10-13-3-8-17(28-19(13)18)20(29)26-11-16-2-1-9-30-16/h1-10,12,27H,11H2,(H,26,29). The van der Waals surface area contributed by atoms with Crippen LogP contribution in [0.1, 0.15) is 21.8 Å². The lowest BCUT2D eigenvalue weighted by atomic mass is 10.2. The molecule has 2 N–H and O–H groups in total. The summed E-state index contributed by atoms with van der Waals surface area (Å²) in [4.78, 5) is 20.9. The van der Waals surface area contributed by atoms with E-state index in [0.29, 0.717) is 28.0 Å². The fourth-order valence-corrected chi connectivity index (χ4v) is 2.83. The van der Waals surface area contributed by atoms with E-state index >= 15 is 0 Å². The highest BCUT2D eigenvalue weighted by Gasteiger charge is 2.29. The number of carbonyl (C=O) groups is 1. The number of fused-ring (bicyclic) bond motifs is 1. The van der Waals surface area contributed by atoms with Crippen molar-refractivity contribution in [3.05, 3.63) is 84.2 Å². The SMILES string of the molecule is O=C(NCc1ccco1)c1ccc2cncc(Nc3ccc(C(F)(F)F)cc3)c2n1. The van der Waals surface area contributed by atoms with E-state index < -0.39 is 11.7 Å². The maximum absolute atomic E-state index is 12.7. The third kappa shape index (κ3) is 4.24. The van der Waals surface area contributed by atoms with Gasteiger partial charge in [0.25, 0.3) is 5.91 Å². The molecule has 152 valence electrons. The van der Waals surface area contributed by atoms with E-state index in [1.165, 1.54) is 24.6 Å². The number of pyridine rings is 2. The van der Waals surface area contributed by atoms with Crippen LogP contribution in [0.2, 0.25) is 0 Å². The molecule has 0 bridgehead atoms. The van der Waals surface area contributed by atoms with Crippen molar-refractivity contribution in [2.45, 2.75) is 12.7 Å². The van der Waals surface area contributed by atoms with Gasteiger partial charge in [-0.15, -0.1) is 0 Å². The minimum atomic E-state index is -4.40. The lowest BCUT2D eigenvalue weighted by Gasteiger charge is -2.11. The Balaban J connectivity index is 1.57. The molecule has 30 heavy (non-hydrogen) atoms. The molecule has 0 saturated carbocycles. The molecule has 0 aliphatic carbocycles. The molecule has 4 rings (SSSR count). The number of benzene rings is 1. The van der Waals surface area contributed by atoms with Crippen molar-refractivity contribution in [3.63, 3.8) is 0 Å². The first-order valence-electron chi connectivity index (χ1n) is 8.90. The molecule has 0 fully saturated rings. The number of hydrogen-bond acceptors (Lipinski definition) is 5. The van der Waals surface area contributed by atoms with Crippen LogP contribution in [0.4, 0.5) is 24.5 Å². The minimum absolute atomic E-state index is 0.190. The zero-order valence-electron chi connectivity index (χ0n) is 15.4. The summed E-state index contributed by atoms with van der Waals surface area (Å²) in [6, 6.07) is 11.4. The first kappa shape index (κ1) is 19.4. The summed E-state index contributed by atoms with van der Waals surface area (Å²) in [5.41, 5.74) is 0.823. The number of nitrogens with zero attached hydrogens (tertiary/aromatic N) is 2. The van der Waals surface area contributed by atoms with Gasteiger partial charge in [0.15, 0.2) is 0 Å². The molecular weight excluding hydrogens is 397 g/mol. The second-order valence-corrected chi connectivity index (χ2v) is 6.42. The molecular formula is C21H15F3N4O2. The van der Waals surface area contributed by atoms with Crippen LogP contribution in [-0.2, 0) is 12.7 Å². The van der Waals surface area contributed by atoms with E-state index in [1.807, 2.05) is 0 Å². The molecule has 1 aromatic carbocycles. The van der Waals surface area contributed by atoms with Gasteiger partial charge in [-0.05, 0) is 48.5 Å². The summed E-state index contributed by atoms with van der Waals surface area (Å²) < 4.78 is 43.4. The Labute approximate surface area is 168 Å². The zero-order valence-corrected chi connectivity index (χ0v) is 15.4. The van der Waals surface area contributed by atoms with E-state index in [1.54, 1.807) is 30.5 Å². The molecule has 4 aromatic rings. The highest BCUT2D eigenvalue weighted by atomic mass is 19.4. The van der Waals surface area contributed by atoms with Crippen LogP contribution in [0, 0.1) is 0 Å². The second-order valence-electron chi connectivity index (χ2n) is 6.42. The zero-order chi connectivity index (χ0) is 21.1. The number of hydrogen-bond donors (Lipinski definition) is 2. The molecule has 0 atom stereocenters. The molecule has 0 aliphatic heterocycles. The van der Waals surface area contributed by atoms with Crippen LogP contribution in [0.3, 0.4) is 0 Å². The van der Waals surface area contributed by atoms with Gasteiger partial charge in [-0.1, -0.05) is 0 Å². The van der Waals surface area contributed by atoms with Gasteiger partial charge in [-0.2, -0.15) is 13.2 Å². The first-order chi connectivity index (χ1) is 14.4. The van der Waals surface area contributed by atoms with Gasteiger partial charge in [0.2, 0.25) is 0 Å². The number of aromatic nitrogens is 2. The van der Waals surface area contributed by atoms with Crippen molar-refractivity contribution in [1.82, 2.24) is 15.3 Å². The Morgan fingerprint density at radius 2 is 1.83 bits per heavy atom. The second kappa shape index (κ2) is 7.86. The summed E-state index contributed by atoms with van der Waals surface area (Å²) in [7, 11) is 0. The Morgan fingerprint density at radius 3 is 2.53 bits per heavy atom. The number of anilines is 2. The van der Waals surface area contributed by atoms with Gasteiger partial charge in [0.05, 0.1) is 35.8 Å². The van der Waals surface area contributed by atoms with Crippen LogP contribution < -0.4 is 10.6 Å². The molecule has 0 unspecified atom stereocenters. The predicted molar refractivity (Wildman–Crippen MR) is 104 cm³/mol. The number of carbonyl (C=O) groups excluding carboxylic acids is 1. The fraction of sp³-hybridized carbons (Fsp3) is 0.0952. The van der Waals surface area contributed by atoms with Gasteiger partial charge >= 0.3 is 6.18 Å². The van der Waals surface area contributed by atoms with Crippen molar-refractivity contribution in [1.29, 1.82) is 0 Å². The molecule has 3 aromatic heterocycles. The maximum atomic E-state index is 12.7. The molecule has 6 nitrogen and oxygen atoms in total.